The zero-order valence-corrected chi connectivity index (χ0v) is 23.8. The Labute approximate surface area is 244 Å². The fraction of sp³-hybridized carbons (Fsp3) is 0.182. The van der Waals surface area contributed by atoms with E-state index in [1.165, 1.54) is 0 Å². The fourth-order valence-corrected chi connectivity index (χ4v) is 4.83. The zero-order chi connectivity index (χ0) is 29.3. The maximum Gasteiger partial charge on any atom is 0.298 e. The van der Waals surface area contributed by atoms with Gasteiger partial charge in [0.25, 0.3) is 12.5 Å². The van der Waals surface area contributed by atoms with Crippen LogP contribution < -0.4 is 9.47 Å². The molecule has 0 atom stereocenters. The molecule has 0 fully saturated rings. The molecule has 6 aromatic rings. The van der Waals surface area contributed by atoms with Crippen LogP contribution in [0.4, 0.5) is 0 Å². The molecule has 2 heterocycles. The van der Waals surface area contributed by atoms with Gasteiger partial charge in [-0.05, 0) is 51.7 Å². The highest BCUT2D eigenvalue weighted by molar-refractivity contribution is 5.84. The molecule has 0 bridgehead atoms. The Balaban J connectivity index is 0.00000173. The topological polar surface area (TPSA) is 97.0 Å². The predicted octanol–water partition coefficient (Wildman–Crippen LogP) is 6.41. The second kappa shape index (κ2) is 13.4. The summed E-state index contributed by atoms with van der Waals surface area (Å²) in [6, 6.07) is 32.5. The number of hydrogen-bond acceptors (Lipinski definition) is 7. The molecule has 0 radical (unpaired) electrons. The van der Waals surface area contributed by atoms with Crippen LogP contribution in [0.2, 0.25) is 0 Å². The summed E-state index contributed by atoms with van der Waals surface area (Å²) in [6.45, 7) is 7.87. The average Bonchev–Trinajstić information content (AvgIpc) is 3.64. The lowest BCUT2D eigenvalue weighted by atomic mass is 9.98. The highest BCUT2D eigenvalue weighted by Gasteiger charge is 2.18. The van der Waals surface area contributed by atoms with E-state index in [2.05, 4.69) is 63.0 Å². The first-order chi connectivity index (χ1) is 20.7. The third-order valence-corrected chi connectivity index (χ3v) is 6.62. The number of imidazole rings is 1. The molecule has 0 aliphatic carbocycles. The minimum absolute atomic E-state index is 0.425. The highest BCUT2D eigenvalue weighted by atomic mass is 16.5. The van der Waals surface area contributed by atoms with Crippen LogP contribution in [0, 0.1) is 0 Å². The smallest absolute Gasteiger partial charge is 0.298 e. The number of rotatable bonds is 10. The van der Waals surface area contributed by atoms with Crippen molar-refractivity contribution in [2.45, 2.75) is 33.9 Å². The largest absolute Gasteiger partial charge is 0.465 e. The molecule has 0 aliphatic rings. The van der Waals surface area contributed by atoms with E-state index in [0.717, 1.165) is 27.8 Å². The summed E-state index contributed by atoms with van der Waals surface area (Å²) in [6.07, 6.45) is 0. The van der Waals surface area contributed by atoms with Crippen molar-refractivity contribution in [3.05, 3.63) is 108 Å². The van der Waals surface area contributed by atoms with E-state index < -0.39 is 0 Å². The first-order valence-electron chi connectivity index (χ1n) is 14.0. The van der Waals surface area contributed by atoms with Gasteiger partial charge in [-0.1, -0.05) is 98.8 Å². The van der Waals surface area contributed by atoms with E-state index in [4.69, 9.17) is 9.47 Å². The van der Waals surface area contributed by atoms with Crippen molar-refractivity contribution in [1.82, 2.24) is 29.8 Å². The number of carbonyl (C=O) groups excluding carboxylic acids is 1. The fourth-order valence-electron chi connectivity index (χ4n) is 4.83. The predicted molar refractivity (Wildman–Crippen MR) is 162 cm³/mol. The van der Waals surface area contributed by atoms with Gasteiger partial charge in [0.15, 0.2) is 11.6 Å². The third kappa shape index (κ3) is 5.90. The number of carbonyl (C=O) groups is 1. The third-order valence-electron chi connectivity index (χ3n) is 6.62. The SMILES string of the molecule is CC.CCOc1nc2cccc(OC=O)c2n1Cc1ccc(-c2ccccc2-c2nnnn2Cc2ccccc2)cc1. The Morgan fingerprint density at radius 2 is 1.50 bits per heavy atom. The normalized spacial score (nSPS) is 10.6. The number of para-hydroxylation sites is 1. The Morgan fingerprint density at radius 3 is 2.24 bits per heavy atom. The van der Waals surface area contributed by atoms with Gasteiger partial charge in [0.1, 0.15) is 5.52 Å². The van der Waals surface area contributed by atoms with Crippen LogP contribution in [-0.2, 0) is 17.9 Å². The number of aromatic nitrogens is 6. The molecule has 6 rings (SSSR count). The molecular weight excluding hydrogens is 528 g/mol. The summed E-state index contributed by atoms with van der Waals surface area (Å²) >= 11 is 0. The number of ether oxygens (including phenoxy) is 2. The van der Waals surface area contributed by atoms with Crippen molar-refractivity contribution in [3.8, 4) is 34.3 Å². The Hall–Kier alpha value is -5.31. The molecule has 2 aromatic heterocycles. The van der Waals surface area contributed by atoms with Crippen LogP contribution in [-0.4, -0.2) is 42.8 Å². The minimum Gasteiger partial charge on any atom is -0.465 e. The highest BCUT2D eigenvalue weighted by Crippen LogP contribution is 2.33. The van der Waals surface area contributed by atoms with E-state index in [0.29, 0.717) is 54.8 Å². The van der Waals surface area contributed by atoms with Gasteiger partial charge in [0.2, 0.25) is 0 Å². The van der Waals surface area contributed by atoms with Crippen molar-refractivity contribution in [1.29, 1.82) is 0 Å². The van der Waals surface area contributed by atoms with Gasteiger partial charge in [-0.25, -0.2) is 4.68 Å². The lowest BCUT2D eigenvalue weighted by Crippen LogP contribution is -2.06. The van der Waals surface area contributed by atoms with Crippen molar-refractivity contribution in [2.75, 3.05) is 6.61 Å². The Kier molecular flexibility index (Phi) is 8.98. The summed E-state index contributed by atoms with van der Waals surface area (Å²) in [5, 5.41) is 12.6. The van der Waals surface area contributed by atoms with Gasteiger partial charge in [0.05, 0.1) is 25.2 Å². The van der Waals surface area contributed by atoms with Crippen LogP contribution in [0.3, 0.4) is 0 Å². The molecule has 0 spiro atoms. The van der Waals surface area contributed by atoms with Gasteiger partial charge >= 0.3 is 0 Å². The van der Waals surface area contributed by atoms with E-state index in [9.17, 15) is 4.79 Å². The molecule has 42 heavy (non-hydrogen) atoms. The van der Waals surface area contributed by atoms with Crippen LogP contribution >= 0.6 is 0 Å². The summed E-state index contributed by atoms with van der Waals surface area (Å²) in [7, 11) is 0. The van der Waals surface area contributed by atoms with Crippen molar-refractivity contribution in [2.24, 2.45) is 0 Å². The van der Waals surface area contributed by atoms with Gasteiger partial charge in [-0.2, -0.15) is 4.98 Å². The second-order valence-corrected chi connectivity index (χ2v) is 9.14. The molecular formula is C33H32N6O3. The summed E-state index contributed by atoms with van der Waals surface area (Å²) in [5.41, 5.74) is 6.58. The molecule has 0 saturated heterocycles. The molecule has 0 unspecified atom stereocenters. The first-order valence-corrected chi connectivity index (χ1v) is 14.0. The van der Waals surface area contributed by atoms with E-state index in [1.54, 1.807) is 12.1 Å². The first kappa shape index (κ1) is 28.2. The molecule has 4 aromatic carbocycles. The number of fused-ring (bicyclic) bond motifs is 1. The van der Waals surface area contributed by atoms with Crippen molar-refractivity contribution >= 4 is 17.5 Å². The zero-order valence-electron chi connectivity index (χ0n) is 23.8. The molecule has 9 heteroatoms. The van der Waals surface area contributed by atoms with Crippen LogP contribution in [0.5, 0.6) is 11.8 Å². The maximum absolute atomic E-state index is 11.1. The molecule has 9 nitrogen and oxygen atoms in total. The Morgan fingerprint density at radius 1 is 0.786 bits per heavy atom. The van der Waals surface area contributed by atoms with E-state index in [-0.39, 0.29) is 0 Å². The van der Waals surface area contributed by atoms with Crippen molar-refractivity contribution in [3.63, 3.8) is 0 Å². The van der Waals surface area contributed by atoms with Crippen LogP contribution in [0.15, 0.2) is 97.1 Å². The summed E-state index contributed by atoms with van der Waals surface area (Å²) in [5.74, 6) is 1.14. The second-order valence-electron chi connectivity index (χ2n) is 9.14. The van der Waals surface area contributed by atoms with Gasteiger partial charge < -0.3 is 9.47 Å². The van der Waals surface area contributed by atoms with E-state index >= 15 is 0 Å². The quantitative estimate of drug-likeness (QED) is 0.179. The monoisotopic (exact) mass is 560 g/mol. The van der Waals surface area contributed by atoms with Gasteiger partial charge in [-0.15, -0.1) is 5.10 Å². The molecule has 0 saturated carbocycles. The van der Waals surface area contributed by atoms with Crippen molar-refractivity contribution < 1.29 is 14.3 Å². The minimum atomic E-state index is 0.425. The lowest BCUT2D eigenvalue weighted by molar-refractivity contribution is -0.120. The van der Waals surface area contributed by atoms with Crippen LogP contribution in [0.25, 0.3) is 33.5 Å². The standard InChI is InChI=1S/C31H26N6O3.C2H6/c1-2-39-31-32-27-13-8-14-28(40-21-38)29(27)36(31)19-23-15-17-24(18-16-23)25-11-6-7-12-26(25)30-33-34-35-37(30)20-22-9-4-3-5-10-22;1-2/h3-18,21H,2,19-20H2,1H3;1-2H3. The number of nitrogens with zero attached hydrogens (tertiary/aromatic N) is 6. The average molecular weight is 561 g/mol. The van der Waals surface area contributed by atoms with E-state index in [1.807, 2.05) is 72.5 Å². The molecule has 0 N–H and O–H groups in total. The summed E-state index contributed by atoms with van der Waals surface area (Å²) in [4.78, 5) is 15.7. The molecule has 212 valence electrons. The van der Waals surface area contributed by atoms with Gasteiger partial charge in [-0.3, -0.25) is 9.36 Å². The maximum atomic E-state index is 11.1. The Bertz CT molecular complexity index is 1760. The molecule has 0 aliphatic heterocycles. The molecule has 0 amide bonds. The van der Waals surface area contributed by atoms with Crippen LogP contribution in [0.1, 0.15) is 31.9 Å². The number of hydrogen-bond donors (Lipinski definition) is 0. The number of benzene rings is 4. The lowest BCUT2D eigenvalue weighted by Gasteiger charge is -2.13. The van der Waals surface area contributed by atoms with Gasteiger partial charge in [0, 0.05) is 5.56 Å². The number of tetrazole rings is 1. The summed E-state index contributed by atoms with van der Waals surface area (Å²) < 4.78 is 14.8.